The van der Waals surface area contributed by atoms with Crippen molar-refractivity contribution >= 4 is 17.5 Å². The Kier molecular flexibility index (Phi) is 5.14. The first kappa shape index (κ1) is 17.2. The molecule has 0 saturated heterocycles. The second-order valence-corrected chi connectivity index (χ2v) is 6.25. The molecule has 0 fully saturated rings. The van der Waals surface area contributed by atoms with Crippen LogP contribution in [0.4, 0.5) is 4.39 Å². The monoisotopic (exact) mass is 357 g/mol. The highest BCUT2D eigenvalue weighted by atomic mass is 35.5. The van der Waals surface area contributed by atoms with Crippen molar-refractivity contribution in [3.8, 4) is 0 Å². The zero-order valence-electron chi connectivity index (χ0n) is 13.7. The Bertz CT molecular complexity index is 879. The van der Waals surface area contributed by atoms with Crippen LogP contribution < -0.4 is 0 Å². The van der Waals surface area contributed by atoms with Gasteiger partial charge in [-0.15, -0.1) is 0 Å². The molecule has 1 heterocycles. The number of nitrogens with zero attached hydrogens (tertiary/aromatic N) is 3. The molecule has 0 atom stereocenters. The number of hydrogen-bond donors (Lipinski definition) is 0. The van der Waals surface area contributed by atoms with E-state index >= 15 is 0 Å². The Balaban J connectivity index is 1.68. The number of carbonyl (C=O) groups excluding carboxylic acids is 1. The van der Waals surface area contributed by atoms with Gasteiger partial charge in [-0.1, -0.05) is 41.9 Å². The third-order valence-corrected chi connectivity index (χ3v) is 4.03. The predicted octanol–water partition coefficient (Wildman–Crippen LogP) is 4.00. The van der Waals surface area contributed by atoms with E-state index in [1.54, 1.807) is 13.2 Å². The molecule has 0 bridgehead atoms. The summed E-state index contributed by atoms with van der Waals surface area (Å²) in [6.45, 7) is 0.987. The molecule has 3 rings (SSSR count). The molecule has 0 unspecified atom stereocenters. The fourth-order valence-electron chi connectivity index (χ4n) is 2.56. The van der Waals surface area contributed by atoms with E-state index in [1.165, 1.54) is 23.1 Å². The molecule has 1 amide bonds. The molecule has 1 aromatic heterocycles. The van der Waals surface area contributed by atoms with Gasteiger partial charge in [-0.2, -0.15) is 5.10 Å². The van der Waals surface area contributed by atoms with Crippen molar-refractivity contribution < 1.29 is 9.18 Å². The normalized spacial score (nSPS) is 10.7. The lowest BCUT2D eigenvalue weighted by molar-refractivity contribution is 0.0780. The number of rotatable bonds is 5. The van der Waals surface area contributed by atoms with Gasteiger partial charge >= 0.3 is 0 Å². The minimum atomic E-state index is -0.582. The average molecular weight is 358 g/mol. The van der Waals surface area contributed by atoms with Crippen LogP contribution in [0.15, 0.2) is 60.9 Å². The van der Waals surface area contributed by atoms with Gasteiger partial charge in [-0.25, -0.2) is 4.39 Å². The number of carbonyl (C=O) groups is 1. The van der Waals surface area contributed by atoms with E-state index in [4.69, 9.17) is 11.6 Å². The highest BCUT2D eigenvalue weighted by molar-refractivity contribution is 6.30. The molecule has 0 aliphatic heterocycles. The Morgan fingerprint density at radius 1 is 1.20 bits per heavy atom. The largest absolute Gasteiger partial charge is 0.337 e. The Hall–Kier alpha value is -2.66. The minimum absolute atomic E-state index is 0.0355. The van der Waals surface area contributed by atoms with Crippen LogP contribution in [0.25, 0.3) is 0 Å². The highest BCUT2D eigenvalue weighted by Crippen LogP contribution is 2.17. The fraction of sp³-hybridized carbons (Fsp3) is 0.158. The third kappa shape index (κ3) is 4.25. The van der Waals surface area contributed by atoms with Crippen LogP contribution in [0.5, 0.6) is 0 Å². The van der Waals surface area contributed by atoms with E-state index in [0.717, 1.165) is 11.1 Å². The first-order valence-electron chi connectivity index (χ1n) is 7.78. The molecule has 0 aliphatic carbocycles. The Labute approximate surface area is 150 Å². The zero-order chi connectivity index (χ0) is 17.8. The molecular weight excluding hydrogens is 341 g/mol. The molecule has 0 radical (unpaired) electrons. The van der Waals surface area contributed by atoms with Gasteiger partial charge in [0.2, 0.25) is 0 Å². The smallest absolute Gasteiger partial charge is 0.256 e. The van der Waals surface area contributed by atoms with E-state index in [0.29, 0.717) is 18.1 Å². The number of aromatic nitrogens is 2. The SMILES string of the molecule is CN(Cc1cnn(Cc2ccccc2)c1)C(=O)c1cc(Cl)ccc1F. The minimum Gasteiger partial charge on any atom is -0.337 e. The molecule has 6 heteroatoms. The molecular formula is C19H17ClFN3O. The Morgan fingerprint density at radius 3 is 2.72 bits per heavy atom. The van der Waals surface area contributed by atoms with Crippen LogP contribution in [0.2, 0.25) is 5.02 Å². The summed E-state index contributed by atoms with van der Waals surface area (Å²) >= 11 is 5.86. The summed E-state index contributed by atoms with van der Waals surface area (Å²) in [5.41, 5.74) is 1.98. The first-order valence-corrected chi connectivity index (χ1v) is 8.16. The molecule has 0 saturated carbocycles. The molecule has 4 nitrogen and oxygen atoms in total. The van der Waals surface area contributed by atoms with Gasteiger partial charge in [0.25, 0.3) is 5.91 Å². The van der Waals surface area contributed by atoms with Crippen molar-refractivity contribution in [1.29, 1.82) is 0 Å². The van der Waals surface area contributed by atoms with Gasteiger partial charge in [0.15, 0.2) is 0 Å². The molecule has 0 N–H and O–H groups in total. The van der Waals surface area contributed by atoms with Crippen LogP contribution in [0.3, 0.4) is 0 Å². The second-order valence-electron chi connectivity index (χ2n) is 5.82. The van der Waals surface area contributed by atoms with Crippen molar-refractivity contribution in [1.82, 2.24) is 14.7 Å². The van der Waals surface area contributed by atoms with Gasteiger partial charge in [-0.3, -0.25) is 9.48 Å². The molecule has 25 heavy (non-hydrogen) atoms. The van der Waals surface area contributed by atoms with Crippen LogP contribution in [-0.4, -0.2) is 27.6 Å². The summed E-state index contributed by atoms with van der Waals surface area (Å²) in [5, 5.41) is 4.64. The zero-order valence-corrected chi connectivity index (χ0v) is 14.4. The van der Waals surface area contributed by atoms with Crippen LogP contribution in [0, 0.1) is 5.82 Å². The first-order chi connectivity index (χ1) is 12.0. The summed E-state index contributed by atoms with van der Waals surface area (Å²) in [7, 11) is 1.62. The standard InChI is InChI=1S/C19H17ClFN3O/c1-23(19(25)17-9-16(20)7-8-18(17)21)11-15-10-22-24(13-15)12-14-5-3-2-4-6-14/h2-10,13H,11-12H2,1H3. The maximum atomic E-state index is 13.8. The lowest BCUT2D eigenvalue weighted by atomic mass is 10.2. The van der Waals surface area contributed by atoms with E-state index in [-0.39, 0.29) is 5.56 Å². The number of hydrogen-bond acceptors (Lipinski definition) is 2. The summed E-state index contributed by atoms with van der Waals surface area (Å²) in [5.74, 6) is -1.00. The lowest BCUT2D eigenvalue weighted by Crippen LogP contribution is -2.26. The molecule has 128 valence electrons. The van der Waals surface area contributed by atoms with E-state index in [1.807, 2.05) is 41.2 Å². The predicted molar refractivity (Wildman–Crippen MR) is 95.0 cm³/mol. The van der Waals surface area contributed by atoms with Crippen molar-refractivity contribution in [2.24, 2.45) is 0 Å². The number of halogens is 2. The topological polar surface area (TPSA) is 38.1 Å². The quantitative estimate of drug-likeness (QED) is 0.692. The van der Waals surface area contributed by atoms with Crippen molar-refractivity contribution in [3.05, 3.63) is 88.5 Å². The third-order valence-electron chi connectivity index (χ3n) is 3.80. The molecule has 0 aliphatic rings. The van der Waals surface area contributed by atoms with Gasteiger partial charge in [-0.05, 0) is 23.8 Å². The van der Waals surface area contributed by atoms with Gasteiger partial charge in [0.05, 0.1) is 18.3 Å². The lowest BCUT2D eigenvalue weighted by Gasteiger charge is -2.16. The van der Waals surface area contributed by atoms with Crippen molar-refractivity contribution in [2.45, 2.75) is 13.1 Å². The Morgan fingerprint density at radius 2 is 1.96 bits per heavy atom. The van der Waals surface area contributed by atoms with E-state index in [2.05, 4.69) is 5.10 Å². The second kappa shape index (κ2) is 7.49. The average Bonchev–Trinajstić information content (AvgIpc) is 3.04. The van der Waals surface area contributed by atoms with Crippen LogP contribution in [0.1, 0.15) is 21.5 Å². The van der Waals surface area contributed by atoms with Crippen molar-refractivity contribution in [3.63, 3.8) is 0 Å². The highest BCUT2D eigenvalue weighted by Gasteiger charge is 2.17. The fourth-order valence-corrected chi connectivity index (χ4v) is 2.73. The maximum absolute atomic E-state index is 13.8. The van der Waals surface area contributed by atoms with E-state index in [9.17, 15) is 9.18 Å². The molecule has 2 aromatic carbocycles. The number of amides is 1. The summed E-state index contributed by atoms with van der Waals surface area (Å²) in [4.78, 5) is 13.9. The van der Waals surface area contributed by atoms with Gasteiger partial charge in [0, 0.05) is 30.4 Å². The van der Waals surface area contributed by atoms with Gasteiger partial charge < -0.3 is 4.90 Å². The summed E-state index contributed by atoms with van der Waals surface area (Å²) < 4.78 is 15.7. The summed E-state index contributed by atoms with van der Waals surface area (Å²) in [6, 6.07) is 13.9. The summed E-state index contributed by atoms with van der Waals surface area (Å²) in [6.07, 6.45) is 3.59. The number of benzene rings is 2. The van der Waals surface area contributed by atoms with Crippen LogP contribution >= 0.6 is 11.6 Å². The maximum Gasteiger partial charge on any atom is 0.256 e. The van der Waals surface area contributed by atoms with Crippen LogP contribution in [-0.2, 0) is 13.1 Å². The van der Waals surface area contributed by atoms with Gasteiger partial charge in [0.1, 0.15) is 5.82 Å². The molecule has 0 spiro atoms. The van der Waals surface area contributed by atoms with Crippen molar-refractivity contribution in [2.75, 3.05) is 7.05 Å². The molecule has 3 aromatic rings. The van der Waals surface area contributed by atoms with E-state index < -0.39 is 11.7 Å².